The molecule has 80 valence electrons. The summed E-state index contributed by atoms with van der Waals surface area (Å²) in [6, 6.07) is 0.753. The van der Waals surface area contributed by atoms with Gasteiger partial charge in [0.05, 0.1) is 0 Å². The van der Waals surface area contributed by atoms with Crippen LogP contribution in [0, 0.1) is 19.8 Å². The summed E-state index contributed by atoms with van der Waals surface area (Å²) in [7, 11) is 0. The second kappa shape index (κ2) is 3.19. The number of piperidine rings is 1. The molecule has 0 aromatic carbocycles. The molecule has 3 rings (SSSR count). The van der Waals surface area contributed by atoms with Crippen LogP contribution in [0.3, 0.4) is 0 Å². The maximum atomic E-state index is 4.45. The van der Waals surface area contributed by atoms with Gasteiger partial charge in [0.15, 0.2) is 0 Å². The Hall–Kier alpha value is -1.12. The largest absolute Gasteiger partial charge is 0.353 e. The second-order valence-corrected chi connectivity index (χ2v) is 4.89. The van der Waals surface area contributed by atoms with Crippen LogP contribution < -0.4 is 4.90 Å². The predicted molar refractivity (Wildman–Crippen MR) is 60.0 cm³/mol. The second-order valence-electron chi connectivity index (χ2n) is 4.89. The quantitative estimate of drug-likeness (QED) is 0.699. The monoisotopic (exact) mass is 203 g/mol. The molecule has 15 heavy (non-hydrogen) atoms. The maximum Gasteiger partial charge on any atom is 0.135 e. The lowest BCUT2D eigenvalue weighted by Crippen LogP contribution is -2.33. The van der Waals surface area contributed by atoms with E-state index in [1.807, 2.05) is 0 Å². The van der Waals surface area contributed by atoms with Crippen LogP contribution >= 0.6 is 0 Å². The van der Waals surface area contributed by atoms with Crippen molar-refractivity contribution in [3.8, 4) is 0 Å². The van der Waals surface area contributed by atoms with Crippen LogP contribution in [-0.2, 0) is 0 Å². The Kier molecular flexibility index (Phi) is 1.94. The molecule has 2 bridgehead atoms. The van der Waals surface area contributed by atoms with Gasteiger partial charge in [0.1, 0.15) is 12.1 Å². The van der Waals surface area contributed by atoms with Crippen molar-refractivity contribution < 1.29 is 0 Å². The first-order valence-electron chi connectivity index (χ1n) is 5.80. The van der Waals surface area contributed by atoms with Gasteiger partial charge in [-0.15, -0.1) is 0 Å². The molecule has 1 aliphatic carbocycles. The molecular formula is C12H17N3. The normalized spacial score (nSPS) is 28.8. The summed E-state index contributed by atoms with van der Waals surface area (Å²) in [4.78, 5) is 11.2. The standard InChI is InChI=1S/C12H17N3/c1-8-9(2)13-7-14-12(8)15-6-10-3-4-11(15)5-10/h7,10-11H,3-6H2,1-2H3. The maximum absolute atomic E-state index is 4.45. The van der Waals surface area contributed by atoms with Crippen molar-refractivity contribution in [2.24, 2.45) is 5.92 Å². The zero-order valence-electron chi connectivity index (χ0n) is 9.40. The first-order valence-corrected chi connectivity index (χ1v) is 5.80. The lowest BCUT2D eigenvalue weighted by Gasteiger charge is -2.29. The third-order valence-corrected chi connectivity index (χ3v) is 3.99. The van der Waals surface area contributed by atoms with E-state index in [9.17, 15) is 0 Å². The fourth-order valence-corrected chi connectivity index (χ4v) is 3.00. The summed E-state index contributed by atoms with van der Waals surface area (Å²) in [5, 5.41) is 0. The van der Waals surface area contributed by atoms with Gasteiger partial charge in [-0.1, -0.05) is 0 Å². The highest BCUT2D eigenvalue weighted by molar-refractivity contribution is 5.50. The Morgan fingerprint density at radius 1 is 1.27 bits per heavy atom. The van der Waals surface area contributed by atoms with Crippen molar-refractivity contribution in [1.29, 1.82) is 0 Å². The van der Waals surface area contributed by atoms with Gasteiger partial charge in [0.2, 0.25) is 0 Å². The Balaban J connectivity index is 1.96. The molecule has 2 atom stereocenters. The van der Waals surface area contributed by atoms with Crippen LogP contribution in [0.5, 0.6) is 0 Å². The third kappa shape index (κ3) is 1.33. The Morgan fingerprint density at radius 3 is 2.80 bits per heavy atom. The minimum atomic E-state index is 0.753. The van der Waals surface area contributed by atoms with Gasteiger partial charge >= 0.3 is 0 Å². The van der Waals surface area contributed by atoms with Crippen LogP contribution in [0.2, 0.25) is 0 Å². The van der Waals surface area contributed by atoms with Crippen molar-refractivity contribution in [2.45, 2.75) is 39.2 Å². The van der Waals surface area contributed by atoms with Crippen LogP contribution in [0.1, 0.15) is 30.5 Å². The van der Waals surface area contributed by atoms with Crippen molar-refractivity contribution in [1.82, 2.24) is 9.97 Å². The lowest BCUT2D eigenvalue weighted by molar-refractivity contribution is 0.549. The van der Waals surface area contributed by atoms with Crippen molar-refractivity contribution in [3.05, 3.63) is 17.6 Å². The molecule has 1 saturated carbocycles. The lowest BCUT2D eigenvalue weighted by atomic mass is 10.1. The molecule has 3 nitrogen and oxygen atoms in total. The van der Waals surface area contributed by atoms with Gasteiger partial charge < -0.3 is 4.90 Å². The highest BCUT2D eigenvalue weighted by atomic mass is 15.2. The zero-order chi connectivity index (χ0) is 10.4. The van der Waals surface area contributed by atoms with Gasteiger partial charge in [-0.25, -0.2) is 9.97 Å². The molecule has 1 aliphatic heterocycles. The Bertz CT molecular complexity index is 388. The number of hydrogen-bond donors (Lipinski definition) is 0. The molecule has 2 unspecified atom stereocenters. The smallest absolute Gasteiger partial charge is 0.135 e. The minimum Gasteiger partial charge on any atom is -0.353 e. The summed E-state index contributed by atoms with van der Waals surface area (Å²) in [5.74, 6) is 2.10. The number of rotatable bonds is 1. The van der Waals surface area contributed by atoms with E-state index in [4.69, 9.17) is 0 Å². The van der Waals surface area contributed by atoms with Crippen LogP contribution in [-0.4, -0.2) is 22.6 Å². The summed E-state index contributed by atoms with van der Waals surface area (Å²) in [6.07, 6.45) is 5.85. The van der Waals surface area contributed by atoms with E-state index < -0.39 is 0 Å². The average molecular weight is 203 g/mol. The number of aryl methyl sites for hydroxylation is 1. The number of fused-ring (bicyclic) bond motifs is 2. The number of hydrogen-bond acceptors (Lipinski definition) is 3. The van der Waals surface area contributed by atoms with Gasteiger partial charge in [-0.3, -0.25) is 0 Å². The predicted octanol–water partition coefficient (Wildman–Crippen LogP) is 2.08. The molecule has 3 heteroatoms. The fourth-order valence-electron chi connectivity index (χ4n) is 3.00. The minimum absolute atomic E-state index is 0.753. The van der Waals surface area contributed by atoms with Crippen molar-refractivity contribution >= 4 is 5.82 Å². The molecule has 2 aliphatic rings. The van der Waals surface area contributed by atoms with E-state index in [2.05, 4.69) is 28.7 Å². The zero-order valence-corrected chi connectivity index (χ0v) is 9.40. The van der Waals surface area contributed by atoms with E-state index in [-0.39, 0.29) is 0 Å². The van der Waals surface area contributed by atoms with E-state index in [0.717, 1.165) is 17.7 Å². The molecule has 0 N–H and O–H groups in total. The number of aromatic nitrogens is 2. The van der Waals surface area contributed by atoms with Gasteiger partial charge in [-0.2, -0.15) is 0 Å². The van der Waals surface area contributed by atoms with Gasteiger partial charge in [-0.05, 0) is 39.0 Å². The summed E-state index contributed by atoms with van der Waals surface area (Å²) in [5.41, 5.74) is 2.37. The first kappa shape index (κ1) is 9.13. The number of anilines is 1. The van der Waals surface area contributed by atoms with E-state index >= 15 is 0 Å². The van der Waals surface area contributed by atoms with Crippen LogP contribution in [0.4, 0.5) is 5.82 Å². The highest BCUT2D eigenvalue weighted by Crippen LogP contribution is 2.40. The van der Waals surface area contributed by atoms with Gasteiger partial charge in [0.25, 0.3) is 0 Å². The summed E-state index contributed by atoms with van der Waals surface area (Å²) in [6.45, 7) is 5.41. The van der Waals surface area contributed by atoms with Crippen LogP contribution in [0.15, 0.2) is 6.33 Å². The molecule has 1 aromatic rings. The number of nitrogens with zero attached hydrogens (tertiary/aromatic N) is 3. The molecule has 1 saturated heterocycles. The molecule has 0 radical (unpaired) electrons. The van der Waals surface area contributed by atoms with E-state index in [1.54, 1.807) is 6.33 Å². The SMILES string of the molecule is Cc1ncnc(N2CC3CCC2C3)c1C. The molecular weight excluding hydrogens is 186 g/mol. The van der Waals surface area contributed by atoms with Crippen molar-refractivity contribution in [3.63, 3.8) is 0 Å². The Morgan fingerprint density at radius 2 is 2.13 bits per heavy atom. The fraction of sp³-hybridized carbons (Fsp3) is 0.667. The Labute approximate surface area is 90.5 Å². The van der Waals surface area contributed by atoms with Crippen LogP contribution in [0.25, 0.3) is 0 Å². The molecule has 0 spiro atoms. The third-order valence-electron chi connectivity index (χ3n) is 3.99. The summed E-state index contributed by atoms with van der Waals surface area (Å²) < 4.78 is 0. The topological polar surface area (TPSA) is 29.0 Å². The van der Waals surface area contributed by atoms with Gasteiger partial charge in [0, 0.05) is 23.8 Å². The molecule has 2 heterocycles. The molecule has 2 fully saturated rings. The average Bonchev–Trinajstić information content (AvgIpc) is 2.83. The summed E-state index contributed by atoms with van der Waals surface area (Å²) >= 11 is 0. The molecule has 0 amide bonds. The first-order chi connectivity index (χ1) is 7.25. The van der Waals surface area contributed by atoms with E-state index in [1.165, 1.54) is 37.2 Å². The van der Waals surface area contributed by atoms with Crippen molar-refractivity contribution in [2.75, 3.05) is 11.4 Å². The van der Waals surface area contributed by atoms with E-state index in [0.29, 0.717) is 0 Å². The highest BCUT2D eigenvalue weighted by Gasteiger charge is 2.38. The molecule has 1 aromatic heterocycles.